The van der Waals surface area contributed by atoms with Gasteiger partial charge in [-0.2, -0.15) is 0 Å². The molecule has 0 saturated carbocycles. The number of nitrogens with zero attached hydrogens (tertiary/aromatic N) is 1. The van der Waals surface area contributed by atoms with Crippen LogP contribution in [0.1, 0.15) is 15.9 Å². The number of benzene rings is 2. The first-order valence-electron chi connectivity index (χ1n) is 6.55. The van der Waals surface area contributed by atoms with Crippen molar-refractivity contribution in [1.29, 1.82) is 0 Å². The molecule has 0 radical (unpaired) electrons. The van der Waals surface area contributed by atoms with E-state index in [1.54, 1.807) is 12.1 Å². The number of amides is 1. The molecule has 2 aromatic rings. The summed E-state index contributed by atoms with van der Waals surface area (Å²) >= 11 is 4.73. The fourth-order valence-electron chi connectivity index (χ4n) is 1.89. The van der Waals surface area contributed by atoms with E-state index in [0.717, 1.165) is 15.7 Å². The smallest absolute Gasteiger partial charge is 0.257 e. The largest absolute Gasteiger partial charge is 0.299 e. The molecule has 6 heteroatoms. The molecule has 0 bridgehead atoms. The number of hydrogen-bond acceptors (Lipinski definition) is 4. The SMILES string of the molecule is O=C(NC1=NNC(c2ccccc2)=CS1)c1cccc(Br)c1. The molecule has 2 aromatic carbocycles. The van der Waals surface area contributed by atoms with Crippen molar-refractivity contribution in [3.63, 3.8) is 0 Å². The first kappa shape index (κ1) is 14.9. The highest BCUT2D eigenvalue weighted by Crippen LogP contribution is 2.20. The molecular formula is C16H12BrN3OS. The molecule has 0 aromatic heterocycles. The maximum absolute atomic E-state index is 12.1. The van der Waals surface area contributed by atoms with Gasteiger partial charge in [0.25, 0.3) is 5.91 Å². The average molecular weight is 374 g/mol. The Labute approximate surface area is 140 Å². The summed E-state index contributed by atoms with van der Waals surface area (Å²) in [6.07, 6.45) is 0. The Hall–Kier alpha value is -2.05. The quantitative estimate of drug-likeness (QED) is 0.841. The third kappa shape index (κ3) is 3.58. The van der Waals surface area contributed by atoms with Gasteiger partial charge in [0.05, 0.1) is 5.70 Å². The molecule has 0 atom stereocenters. The van der Waals surface area contributed by atoms with Crippen molar-refractivity contribution < 1.29 is 4.79 Å². The van der Waals surface area contributed by atoms with E-state index in [2.05, 4.69) is 31.8 Å². The van der Waals surface area contributed by atoms with Gasteiger partial charge in [0.2, 0.25) is 0 Å². The zero-order valence-electron chi connectivity index (χ0n) is 11.4. The van der Waals surface area contributed by atoms with Crippen molar-refractivity contribution in [2.45, 2.75) is 0 Å². The van der Waals surface area contributed by atoms with Crippen LogP contribution in [0.2, 0.25) is 0 Å². The number of hydrogen-bond donors (Lipinski definition) is 2. The predicted octanol–water partition coefficient (Wildman–Crippen LogP) is 3.78. The highest BCUT2D eigenvalue weighted by molar-refractivity contribution is 9.10. The standard InChI is InChI=1S/C16H12BrN3OS/c17-13-8-4-7-12(9-13)15(21)18-16-20-19-14(10-22-16)11-5-2-1-3-6-11/h1-10,19H,(H,18,20,21). The number of carbonyl (C=O) groups excluding carboxylic acids is 1. The Morgan fingerprint density at radius 2 is 1.95 bits per heavy atom. The minimum atomic E-state index is -0.189. The van der Waals surface area contributed by atoms with Crippen LogP contribution in [-0.4, -0.2) is 11.1 Å². The first-order valence-corrected chi connectivity index (χ1v) is 8.22. The lowest BCUT2D eigenvalue weighted by atomic mass is 10.2. The molecule has 1 aliphatic heterocycles. The molecular weight excluding hydrogens is 362 g/mol. The predicted molar refractivity (Wildman–Crippen MR) is 94.2 cm³/mol. The van der Waals surface area contributed by atoms with E-state index in [-0.39, 0.29) is 5.91 Å². The molecule has 4 nitrogen and oxygen atoms in total. The van der Waals surface area contributed by atoms with E-state index < -0.39 is 0 Å². The number of thioether (sulfide) groups is 1. The van der Waals surface area contributed by atoms with Gasteiger partial charge in [-0.3, -0.25) is 15.5 Å². The fourth-order valence-corrected chi connectivity index (χ4v) is 2.95. The monoisotopic (exact) mass is 373 g/mol. The van der Waals surface area contributed by atoms with Crippen molar-refractivity contribution >= 4 is 44.5 Å². The number of halogens is 1. The van der Waals surface area contributed by atoms with Gasteiger partial charge >= 0.3 is 0 Å². The van der Waals surface area contributed by atoms with Gasteiger partial charge in [0, 0.05) is 21.0 Å². The Bertz CT molecular complexity index is 759. The van der Waals surface area contributed by atoms with Crippen LogP contribution in [-0.2, 0) is 0 Å². The molecule has 1 amide bonds. The number of carbonyl (C=O) groups is 1. The minimum Gasteiger partial charge on any atom is -0.299 e. The molecule has 22 heavy (non-hydrogen) atoms. The van der Waals surface area contributed by atoms with E-state index in [4.69, 9.17) is 0 Å². The van der Waals surface area contributed by atoms with Crippen LogP contribution in [0.4, 0.5) is 0 Å². The summed E-state index contributed by atoms with van der Waals surface area (Å²) in [4.78, 5) is 12.1. The van der Waals surface area contributed by atoms with Crippen LogP contribution in [0.5, 0.6) is 0 Å². The van der Waals surface area contributed by atoms with E-state index in [0.29, 0.717) is 10.7 Å². The molecule has 0 unspecified atom stereocenters. The summed E-state index contributed by atoms with van der Waals surface area (Å²) in [5, 5.41) is 9.42. The maximum atomic E-state index is 12.1. The molecule has 1 heterocycles. The topological polar surface area (TPSA) is 53.5 Å². The third-order valence-electron chi connectivity index (χ3n) is 2.96. The van der Waals surface area contributed by atoms with Crippen LogP contribution < -0.4 is 10.7 Å². The molecule has 2 N–H and O–H groups in total. The first-order chi connectivity index (χ1) is 10.7. The van der Waals surface area contributed by atoms with Crippen LogP contribution in [0, 0.1) is 0 Å². The molecule has 0 saturated heterocycles. The van der Waals surface area contributed by atoms with E-state index in [1.807, 2.05) is 47.9 Å². The summed E-state index contributed by atoms with van der Waals surface area (Å²) < 4.78 is 0.864. The maximum Gasteiger partial charge on any atom is 0.257 e. The average Bonchev–Trinajstić information content (AvgIpc) is 2.56. The lowest BCUT2D eigenvalue weighted by Gasteiger charge is -2.14. The second-order valence-electron chi connectivity index (χ2n) is 4.51. The van der Waals surface area contributed by atoms with E-state index in [9.17, 15) is 4.79 Å². The lowest BCUT2D eigenvalue weighted by molar-refractivity contribution is 0.0978. The van der Waals surface area contributed by atoms with Crippen LogP contribution in [0.25, 0.3) is 5.70 Å². The molecule has 0 fully saturated rings. The van der Waals surface area contributed by atoms with Crippen molar-refractivity contribution in [3.05, 3.63) is 75.6 Å². The van der Waals surface area contributed by atoms with Gasteiger partial charge in [-0.05, 0) is 18.2 Å². The minimum absolute atomic E-state index is 0.189. The van der Waals surface area contributed by atoms with Crippen molar-refractivity contribution in [3.8, 4) is 0 Å². The van der Waals surface area contributed by atoms with Crippen molar-refractivity contribution in [2.75, 3.05) is 0 Å². The van der Waals surface area contributed by atoms with Gasteiger partial charge in [-0.15, -0.1) is 5.10 Å². The summed E-state index contributed by atoms with van der Waals surface area (Å²) in [7, 11) is 0. The normalized spacial score (nSPS) is 13.7. The number of hydrazone groups is 1. The van der Waals surface area contributed by atoms with Crippen LogP contribution >= 0.6 is 27.7 Å². The highest BCUT2D eigenvalue weighted by atomic mass is 79.9. The number of rotatable bonds is 2. The summed E-state index contributed by atoms with van der Waals surface area (Å²) in [5.41, 5.74) is 5.50. The third-order valence-corrected chi connectivity index (χ3v) is 4.22. The number of nitrogens with one attached hydrogen (secondary N) is 2. The van der Waals surface area contributed by atoms with Gasteiger partial charge in [0.1, 0.15) is 0 Å². The van der Waals surface area contributed by atoms with E-state index >= 15 is 0 Å². The Kier molecular flexibility index (Phi) is 4.60. The van der Waals surface area contributed by atoms with E-state index in [1.165, 1.54) is 11.8 Å². The van der Waals surface area contributed by atoms with Gasteiger partial charge < -0.3 is 0 Å². The summed E-state index contributed by atoms with van der Waals surface area (Å²) in [6.45, 7) is 0. The second kappa shape index (κ2) is 6.81. The van der Waals surface area contributed by atoms with Gasteiger partial charge in [0.15, 0.2) is 5.17 Å². The Balaban J connectivity index is 1.64. The molecule has 110 valence electrons. The summed E-state index contributed by atoms with van der Waals surface area (Å²) in [5.74, 6) is -0.189. The van der Waals surface area contributed by atoms with Crippen LogP contribution in [0.15, 0.2) is 69.6 Å². The second-order valence-corrected chi connectivity index (χ2v) is 6.28. The zero-order valence-corrected chi connectivity index (χ0v) is 13.8. The zero-order chi connectivity index (χ0) is 15.4. The molecule has 3 rings (SSSR count). The Morgan fingerprint density at radius 3 is 2.64 bits per heavy atom. The number of amidine groups is 1. The highest BCUT2D eigenvalue weighted by Gasteiger charge is 2.13. The summed E-state index contributed by atoms with van der Waals surface area (Å²) in [6, 6.07) is 17.1. The lowest BCUT2D eigenvalue weighted by Crippen LogP contribution is -2.31. The molecule has 1 aliphatic rings. The van der Waals surface area contributed by atoms with Crippen molar-refractivity contribution in [2.24, 2.45) is 5.10 Å². The van der Waals surface area contributed by atoms with Crippen LogP contribution in [0.3, 0.4) is 0 Å². The fraction of sp³-hybridized carbons (Fsp3) is 0. The molecule has 0 aliphatic carbocycles. The Morgan fingerprint density at radius 1 is 1.14 bits per heavy atom. The molecule has 0 spiro atoms. The van der Waals surface area contributed by atoms with Crippen molar-refractivity contribution in [1.82, 2.24) is 10.7 Å². The van der Waals surface area contributed by atoms with Gasteiger partial charge in [-0.1, -0.05) is 64.1 Å². The van der Waals surface area contributed by atoms with Gasteiger partial charge in [-0.25, -0.2) is 0 Å².